The van der Waals surface area contributed by atoms with Gasteiger partial charge in [-0.3, -0.25) is 4.79 Å². The molecule has 92 valence electrons. The molecule has 0 spiro atoms. The van der Waals surface area contributed by atoms with Crippen LogP contribution < -0.4 is 4.72 Å². The molecule has 1 amide bonds. The molecule has 0 aromatic carbocycles. The van der Waals surface area contributed by atoms with E-state index in [4.69, 9.17) is 4.74 Å². The minimum Gasteiger partial charge on any atom is -0.365 e. The summed E-state index contributed by atoms with van der Waals surface area (Å²) in [6.07, 6.45) is 2.18. The summed E-state index contributed by atoms with van der Waals surface area (Å²) in [4.78, 5) is 10.8. The molecule has 0 aromatic rings. The van der Waals surface area contributed by atoms with Crippen molar-refractivity contribution in [3.8, 4) is 0 Å². The largest absolute Gasteiger partial charge is 0.365 e. The highest BCUT2D eigenvalue weighted by Gasteiger charge is 2.29. The number of sulfonamides is 1. The quantitative estimate of drug-likeness (QED) is 0.361. The molecule has 2 N–H and O–H groups in total. The third kappa shape index (κ3) is 6.33. The van der Waals surface area contributed by atoms with Crippen molar-refractivity contribution < 1.29 is 23.1 Å². The Bertz CT molecular complexity index is 371. The summed E-state index contributed by atoms with van der Waals surface area (Å²) < 4.78 is 29.2. The smallest absolute Gasteiger partial charge is 0.256 e. The monoisotopic (exact) mass is 249 g/mol. The van der Waals surface area contributed by atoms with Crippen molar-refractivity contribution in [2.75, 3.05) is 12.4 Å². The summed E-state index contributed by atoms with van der Waals surface area (Å²) in [5, 5.41) is 9.54. The molecule has 0 radical (unpaired) electrons. The number of hydrogen-bond acceptors (Lipinski definition) is 5. The van der Waals surface area contributed by atoms with Gasteiger partial charge in [0.1, 0.15) is 5.75 Å². The first-order valence-electron chi connectivity index (χ1n) is 4.36. The molecule has 0 aliphatic carbocycles. The van der Waals surface area contributed by atoms with Gasteiger partial charge in [-0.2, -0.15) is 0 Å². The Morgan fingerprint density at radius 2 is 2.12 bits per heavy atom. The Kier molecular flexibility index (Phi) is 5.36. The van der Waals surface area contributed by atoms with Crippen molar-refractivity contribution in [1.82, 2.24) is 4.72 Å². The first kappa shape index (κ1) is 14.8. The Morgan fingerprint density at radius 1 is 1.56 bits per heavy atom. The van der Waals surface area contributed by atoms with Crippen molar-refractivity contribution in [1.29, 1.82) is 0 Å². The molecule has 1 atom stereocenters. The van der Waals surface area contributed by atoms with Crippen LogP contribution in [0.25, 0.3) is 0 Å². The van der Waals surface area contributed by atoms with E-state index in [2.05, 4.69) is 13.2 Å². The molecule has 0 bridgehead atoms. The van der Waals surface area contributed by atoms with E-state index in [1.54, 1.807) is 4.72 Å². The molecule has 6 nitrogen and oxygen atoms in total. The van der Waals surface area contributed by atoms with Crippen LogP contribution in [0, 0.1) is 0 Å². The lowest BCUT2D eigenvalue weighted by Gasteiger charge is -2.22. The first-order valence-corrected chi connectivity index (χ1v) is 6.02. The average Bonchev–Trinajstić information content (AvgIpc) is 2.12. The second-order valence-electron chi connectivity index (χ2n) is 3.20. The normalized spacial score (nSPS) is 14.9. The van der Waals surface area contributed by atoms with Crippen molar-refractivity contribution >= 4 is 15.9 Å². The first-order chi connectivity index (χ1) is 7.22. The lowest BCUT2D eigenvalue weighted by atomic mass is 10.4. The van der Waals surface area contributed by atoms with Crippen LogP contribution in [0.3, 0.4) is 0 Å². The summed E-state index contributed by atoms with van der Waals surface area (Å²) in [5.74, 6) is -3.51. The van der Waals surface area contributed by atoms with E-state index in [1.165, 1.54) is 13.0 Å². The Hall–Kier alpha value is -1.18. The molecule has 0 aliphatic heterocycles. The molecular weight excluding hydrogens is 234 g/mol. The molecule has 0 fully saturated rings. The molecule has 0 rings (SSSR count). The molecule has 0 saturated heterocycles. The van der Waals surface area contributed by atoms with Gasteiger partial charge in [0.15, 0.2) is 5.79 Å². The molecule has 7 heteroatoms. The third-order valence-electron chi connectivity index (χ3n) is 1.41. The third-order valence-corrected chi connectivity index (χ3v) is 2.84. The van der Waals surface area contributed by atoms with Crippen LogP contribution in [0.5, 0.6) is 0 Å². The van der Waals surface area contributed by atoms with Crippen molar-refractivity contribution in [2.45, 2.75) is 12.7 Å². The van der Waals surface area contributed by atoms with Gasteiger partial charge >= 0.3 is 0 Å². The van der Waals surface area contributed by atoms with Gasteiger partial charge in [0.05, 0.1) is 6.61 Å². The van der Waals surface area contributed by atoms with Gasteiger partial charge in [0.2, 0.25) is 10.0 Å². The highest BCUT2D eigenvalue weighted by Crippen LogP contribution is 2.08. The number of carbonyl (C=O) groups excluding carboxylic acids is 1. The Labute approximate surface area is 94.7 Å². The molecular formula is C9H15NO5S. The molecule has 0 saturated carbocycles. The molecule has 16 heavy (non-hydrogen) atoms. The maximum Gasteiger partial charge on any atom is 0.256 e. The summed E-state index contributed by atoms with van der Waals surface area (Å²) in [6, 6.07) is 0. The number of amides is 1. The zero-order valence-electron chi connectivity index (χ0n) is 8.97. The molecule has 0 heterocycles. The predicted molar refractivity (Wildman–Crippen MR) is 58.9 cm³/mol. The second kappa shape index (κ2) is 5.78. The van der Waals surface area contributed by atoms with Crippen LogP contribution in [-0.2, 0) is 19.6 Å². The van der Waals surface area contributed by atoms with E-state index in [1.807, 2.05) is 0 Å². The highest BCUT2D eigenvalue weighted by atomic mass is 32.2. The summed E-state index contributed by atoms with van der Waals surface area (Å²) in [6.45, 7) is 7.63. The van der Waals surface area contributed by atoms with Gasteiger partial charge in [-0.1, -0.05) is 12.7 Å². The van der Waals surface area contributed by atoms with Gasteiger partial charge in [0, 0.05) is 0 Å². The Balaban J connectivity index is 4.51. The Morgan fingerprint density at radius 3 is 2.56 bits per heavy atom. The maximum absolute atomic E-state index is 11.3. The van der Waals surface area contributed by atoms with Crippen LogP contribution in [0.15, 0.2) is 25.3 Å². The molecule has 1 unspecified atom stereocenters. The van der Waals surface area contributed by atoms with Crippen LogP contribution in [-0.4, -0.2) is 37.6 Å². The van der Waals surface area contributed by atoms with E-state index in [9.17, 15) is 18.3 Å². The van der Waals surface area contributed by atoms with Gasteiger partial charge in [-0.15, -0.1) is 6.58 Å². The van der Waals surface area contributed by atoms with E-state index >= 15 is 0 Å². The van der Waals surface area contributed by atoms with Crippen LogP contribution >= 0.6 is 0 Å². The van der Waals surface area contributed by atoms with Crippen LogP contribution in [0.2, 0.25) is 0 Å². The lowest BCUT2D eigenvalue weighted by Crippen LogP contribution is -2.43. The second-order valence-corrected chi connectivity index (χ2v) is 4.93. The summed E-state index contributed by atoms with van der Waals surface area (Å²) in [7, 11) is -3.96. The van der Waals surface area contributed by atoms with Crippen molar-refractivity contribution in [2.24, 2.45) is 0 Å². The number of nitrogens with one attached hydrogen (secondary N) is 1. The average molecular weight is 249 g/mol. The standard InChI is InChI=1S/C9H15NO5S/c1-4-6-15-9(3,12)7-16(13,14)10-8(11)5-2/h4-5,12H,1-2,6-7H2,3H3,(H,10,11). The summed E-state index contributed by atoms with van der Waals surface area (Å²) >= 11 is 0. The number of rotatable bonds is 7. The van der Waals surface area contributed by atoms with E-state index < -0.39 is 27.5 Å². The van der Waals surface area contributed by atoms with E-state index in [-0.39, 0.29) is 6.61 Å². The zero-order valence-corrected chi connectivity index (χ0v) is 9.79. The van der Waals surface area contributed by atoms with Crippen molar-refractivity contribution in [3.63, 3.8) is 0 Å². The highest BCUT2D eigenvalue weighted by molar-refractivity contribution is 7.90. The molecule has 0 aliphatic rings. The molecule has 0 aromatic heterocycles. The van der Waals surface area contributed by atoms with Gasteiger partial charge < -0.3 is 9.84 Å². The summed E-state index contributed by atoms with van der Waals surface area (Å²) in [5.41, 5.74) is 0. The fourth-order valence-electron chi connectivity index (χ4n) is 0.864. The lowest BCUT2D eigenvalue weighted by molar-refractivity contribution is -0.164. The maximum atomic E-state index is 11.3. The van der Waals surface area contributed by atoms with Crippen LogP contribution in [0.1, 0.15) is 6.92 Å². The number of hydrogen-bond donors (Lipinski definition) is 2. The van der Waals surface area contributed by atoms with E-state index in [0.717, 1.165) is 6.08 Å². The predicted octanol–water partition coefficient (Wildman–Crippen LogP) is -0.470. The van der Waals surface area contributed by atoms with Crippen LogP contribution in [0.4, 0.5) is 0 Å². The number of carbonyl (C=O) groups is 1. The minimum absolute atomic E-state index is 0.00206. The van der Waals surface area contributed by atoms with E-state index in [0.29, 0.717) is 0 Å². The van der Waals surface area contributed by atoms with Gasteiger partial charge in [-0.05, 0) is 13.0 Å². The SMILES string of the molecule is C=CCOC(C)(O)CS(=O)(=O)NC(=O)C=C. The topological polar surface area (TPSA) is 92.7 Å². The fraction of sp³-hybridized carbons (Fsp3) is 0.444. The fourth-order valence-corrected chi connectivity index (χ4v) is 2.11. The number of ether oxygens (including phenoxy) is 1. The van der Waals surface area contributed by atoms with Crippen molar-refractivity contribution in [3.05, 3.63) is 25.3 Å². The number of aliphatic hydroxyl groups is 1. The van der Waals surface area contributed by atoms with Gasteiger partial charge in [0.25, 0.3) is 5.91 Å². The zero-order chi connectivity index (χ0) is 12.8. The van der Waals surface area contributed by atoms with Gasteiger partial charge in [-0.25, -0.2) is 13.1 Å². The minimum atomic E-state index is -3.96.